The van der Waals surface area contributed by atoms with Gasteiger partial charge in [-0.25, -0.2) is 0 Å². The number of anilines is 2. The van der Waals surface area contributed by atoms with E-state index >= 15 is 0 Å². The summed E-state index contributed by atoms with van der Waals surface area (Å²) < 4.78 is 0. The second-order valence-electron chi connectivity index (χ2n) is 5.59. The van der Waals surface area contributed by atoms with Crippen LogP contribution in [-0.4, -0.2) is 21.9 Å². The van der Waals surface area contributed by atoms with E-state index < -0.39 is 10.8 Å². The lowest BCUT2D eigenvalue weighted by Crippen LogP contribution is -2.34. The number of carbonyl (C=O) groups excluding carboxylic acids is 2. The maximum absolute atomic E-state index is 12.1. The predicted molar refractivity (Wildman–Crippen MR) is 107 cm³/mol. The first kappa shape index (κ1) is 20.0. The number of thiocarbonyl (C=S) groups is 1. The van der Waals surface area contributed by atoms with Crippen LogP contribution in [0.4, 0.5) is 17.1 Å². The van der Waals surface area contributed by atoms with E-state index in [1.165, 1.54) is 24.3 Å². The molecule has 0 fully saturated rings. The van der Waals surface area contributed by atoms with Crippen LogP contribution in [0.3, 0.4) is 0 Å². The van der Waals surface area contributed by atoms with Gasteiger partial charge in [-0.1, -0.05) is 6.92 Å². The van der Waals surface area contributed by atoms with Crippen molar-refractivity contribution in [2.45, 2.75) is 19.8 Å². The molecule has 0 heterocycles. The first-order valence-electron chi connectivity index (χ1n) is 8.15. The molecule has 2 amide bonds. The van der Waals surface area contributed by atoms with Gasteiger partial charge in [-0.3, -0.25) is 25.0 Å². The Morgan fingerprint density at radius 3 is 2.07 bits per heavy atom. The summed E-state index contributed by atoms with van der Waals surface area (Å²) in [5.74, 6) is -0.532. The zero-order chi connectivity index (χ0) is 19.8. The van der Waals surface area contributed by atoms with E-state index in [2.05, 4.69) is 16.0 Å². The molecule has 0 unspecified atom stereocenters. The number of carbonyl (C=O) groups is 2. The SMILES string of the molecule is CCCC(=O)Nc1ccc(NC(=S)NC(=O)c2ccc([N+](=O)[O-])cc2)cc1. The monoisotopic (exact) mass is 386 g/mol. The number of hydrogen-bond acceptors (Lipinski definition) is 5. The summed E-state index contributed by atoms with van der Waals surface area (Å²) >= 11 is 5.10. The molecule has 0 atom stereocenters. The Bertz CT molecular complexity index is 851. The number of hydrogen-bond donors (Lipinski definition) is 3. The molecular formula is C18H18N4O4S. The molecule has 0 saturated heterocycles. The molecule has 9 heteroatoms. The molecule has 0 spiro atoms. The maximum atomic E-state index is 12.1. The molecule has 0 bridgehead atoms. The van der Waals surface area contributed by atoms with Crippen molar-refractivity contribution < 1.29 is 14.5 Å². The summed E-state index contributed by atoms with van der Waals surface area (Å²) in [7, 11) is 0. The average Bonchev–Trinajstić information content (AvgIpc) is 2.63. The van der Waals surface area contributed by atoms with Gasteiger partial charge in [0.1, 0.15) is 0 Å². The standard InChI is InChI=1S/C18H18N4O4S/c1-2-3-16(23)19-13-6-8-14(9-7-13)20-18(27)21-17(24)12-4-10-15(11-5-12)22(25)26/h4-11H,2-3H2,1H3,(H,19,23)(H2,20,21,24,27). The van der Waals surface area contributed by atoms with Crippen molar-refractivity contribution in [3.63, 3.8) is 0 Å². The molecule has 3 N–H and O–H groups in total. The third-order valence-electron chi connectivity index (χ3n) is 3.47. The fraction of sp³-hybridized carbons (Fsp3) is 0.167. The highest BCUT2D eigenvalue weighted by atomic mass is 32.1. The Kier molecular flexibility index (Phi) is 6.95. The highest BCUT2D eigenvalue weighted by Gasteiger charge is 2.11. The molecule has 8 nitrogen and oxygen atoms in total. The van der Waals surface area contributed by atoms with E-state index in [-0.39, 0.29) is 22.3 Å². The number of nitro benzene ring substituents is 1. The lowest BCUT2D eigenvalue weighted by Gasteiger charge is -2.10. The summed E-state index contributed by atoms with van der Waals surface area (Å²) in [5, 5.41) is 18.8. The summed E-state index contributed by atoms with van der Waals surface area (Å²) in [6.45, 7) is 1.93. The van der Waals surface area contributed by atoms with Crippen molar-refractivity contribution in [3.05, 3.63) is 64.2 Å². The van der Waals surface area contributed by atoms with E-state index in [4.69, 9.17) is 12.2 Å². The van der Waals surface area contributed by atoms with Crippen molar-refractivity contribution in [2.75, 3.05) is 10.6 Å². The van der Waals surface area contributed by atoms with Crippen LogP contribution in [0.1, 0.15) is 30.1 Å². The molecule has 0 saturated carbocycles. The minimum atomic E-state index is -0.539. The van der Waals surface area contributed by atoms with Crippen LogP contribution in [0.2, 0.25) is 0 Å². The Morgan fingerprint density at radius 2 is 1.56 bits per heavy atom. The minimum Gasteiger partial charge on any atom is -0.332 e. The van der Waals surface area contributed by atoms with Gasteiger partial charge in [-0.2, -0.15) is 0 Å². The zero-order valence-electron chi connectivity index (χ0n) is 14.5. The van der Waals surface area contributed by atoms with Gasteiger partial charge in [0, 0.05) is 35.5 Å². The highest BCUT2D eigenvalue weighted by molar-refractivity contribution is 7.80. The second kappa shape index (κ2) is 9.39. The topological polar surface area (TPSA) is 113 Å². The van der Waals surface area contributed by atoms with Crippen molar-refractivity contribution >= 4 is 46.2 Å². The molecule has 2 rings (SSSR count). The summed E-state index contributed by atoms with van der Waals surface area (Å²) in [6.07, 6.45) is 1.23. The lowest BCUT2D eigenvalue weighted by molar-refractivity contribution is -0.384. The summed E-state index contributed by atoms with van der Waals surface area (Å²) in [4.78, 5) is 33.8. The van der Waals surface area contributed by atoms with Gasteiger partial charge in [-0.15, -0.1) is 0 Å². The van der Waals surface area contributed by atoms with Crippen molar-refractivity contribution in [1.29, 1.82) is 0 Å². The molecule has 0 aliphatic heterocycles. The number of benzene rings is 2. The van der Waals surface area contributed by atoms with E-state index in [0.717, 1.165) is 6.42 Å². The molecule has 0 aliphatic rings. The Balaban J connectivity index is 1.90. The fourth-order valence-corrected chi connectivity index (χ4v) is 2.37. The molecule has 2 aromatic rings. The Morgan fingerprint density at radius 1 is 1.00 bits per heavy atom. The number of nitro groups is 1. The summed E-state index contributed by atoms with van der Waals surface area (Å²) in [6, 6.07) is 12.1. The molecule has 0 aromatic heterocycles. The van der Waals surface area contributed by atoms with Crippen LogP contribution < -0.4 is 16.0 Å². The summed E-state index contributed by atoms with van der Waals surface area (Å²) in [5.41, 5.74) is 1.45. The third kappa shape index (κ3) is 6.15. The van der Waals surface area contributed by atoms with Gasteiger partial charge in [0.15, 0.2) is 5.11 Å². The van der Waals surface area contributed by atoms with Gasteiger partial charge in [0.2, 0.25) is 5.91 Å². The van der Waals surface area contributed by atoms with E-state index in [9.17, 15) is 19.7 Å². The van der Waals surface area contributed by atoms with E-state index in [1.807, 2.05) is 6.92 Å². The van der Waals surface area contributed by atoms with Gasteiger partial charge >= 0.3 is 0 Å². The van der Waals surface area contributed by atoms with Crippen LogP contribution in [-0.2, 0) is 4.79 Å². The fourth-order valence-electron chi connectivity index (χ4n) is 2.16. The predicted octanol–water partition coefficient (Wildman–Crippen LogP) is 3.46. The first-order chi connectivity index (χ1) is 12.9. The number of amides is 2. The Labute approximate surface area is 161 Å². The average molecular weight is 386 g/mol. The van der Waals surface area contributed by atoms with Crippen LogP contribution in [0.15, 0.2) is 48.5 Å². The van der Waals surface area contributed by atoms with Gasteiger partial charge < -0.3 is 10.6 Å². The molecule has 0 aliphatic carbocycles. The van der Waals surface area contributed by atoms with Crippen LogP contribution in [0.25, 0.3) is 0 Å². The van der Waals surface area contributed by atoms with Crippen LogP contribution >= 0.6 is 12.2 Å². The minimum absolute atomic E-state index is 0.0518. The maximum Gasteiger partial charge on any atom is 0.269 e. The quantitative estimate of drug-likeness (QED) is 0.398. The van der Waals surface area contributed by atoms with Crippen LogP contribution in [0, 0.1) is 10.1 Å². The van der Waals surface area contributed by atoms with Gasteiger partial charge in [-0.05, 0) is 55.0 Å². The van der Waals surface area contributed by atoms with Gasteiger partial charge in [0.25, 0.3) is 11.6 Å². The Hall–Kier alpha value is -3.33. The lowest BCUT2D eigenvalue weighted by atomic mass is 10.2. The normalized spacial score (nSPS) is 9.96. The number of nitrogens with one attached hydrogen (secondary N) is 3. The second-order valence-corrected chi connectivity index (χ2v) is 6.00. The highest BCUT2D eigenvalue weighted by Crippen LogP contribution is 2.14. The van der Waals surface area contributed by atoms with Crippen molar-refractivity contribution in [3.8, 4) is 0 Å². The largest absolute Gasteiger partial charge is 0.332 e. The van der Waals surface area contributed by atoms with Crippen molar-refractivity contribution in [1.82, 2.24) is 5.32 Å². The van der Waals surface area contributed by atoms with Crippen molar-refractivity contribution in [2.24, 2.45) is 0 Å². The molecule has 2 aromatic carbocycles. The number of non-ortho nitro benzene ring substituents is 1. The third-order valence-corrected chi connectivity index (χ3v) is 3.68. The molecular weight excluding hydrogens is 368 g/mol. The first-order valence-corrected chi connectivity index (χ1v) is 8.56. The number of nitrogens with zero attached hydrogens (tertiary/aromatic N) is 1. The van der Waals surface area contributed by atoms with Crippen LogP contribution in [0.5, 0.6) is 0 Å². The van der Waals surface area contributed by atoms with E-state index in [0.29, 0.717) is 17.8 Å². The molecule has 27 heavy (non-hydrogen) atoms. The molecule has 0 radical (unpaired) electrons. The van der Waals surface area contributed by atoms with Gasteiger partial charge in [0.05, 0.1) is 4.92 Å². The smallest absolute Gasteiger partial charge is 0.269 e. The zero-order valence-corrected chi connectivity index (χ0v) is 15.3. The van der Waals surface area contributed by atoms with E-state index in [1.54, 1.807) is 24.3 Å². The molecule has 140 valence electrons. The number of rotatable bonds is 6.